The number of aromatic nitrogens is 2. The molecule has 6 heteroatoms. The number of ether oxygens (including phenoxy) is 2. The maximum Gasteiger partial charge on any atom is 0.259 e. The third kappa shape index (κ3) is 2.79. The first-order chi connectivity index (χ1) is 11.7. The number of methoxy groups -OCH3 is 1. The summed E-state index contributed by atoms with van der Waals surface area (Å²) >= 11 is 0. The average molecular weight is 321 g/mol. The molecule has 0 aliphatic carbocycles. The predicted molar refractivity (Wildman–Crippen MR) is 90.2 cm³/mol. The molecule has 1 aromatic heterocycles. The van der Waals surface area contributed by atoms with Gasteiger partial charge in [-0.15, -0.1) is 0 Å². The molecule has 0 saturated carbocycles. The van der Waals surface area contributed by atoms with E-state index in [1.807, 2.05) is 13.0 Å². The molecule has 0 atom stereocenters. The van der Waals surface area contributed by atoms with Crippen LogP contribution in [0.4, 0.5) is 0 Å². The first-order valence-corrected chi connectivity index (χ1v) is 7.41. The van der Waals surface area contributed by atoms with Crippen LogP contribution in [0.2, 0.25) is 0 Å². The Morgan fingerprint density at radius 2 is 2.08 bits per heavy atom. The van der Waals surface area contributed by atoms with Crippen LogP contribution < -0.4 is 15.0 Å². The van der Waals surface area contributed by atoms with Crippen molar-refractivity contribution in [3.63, 3.8) is 0 Å². The van der Waals surface area contributed by atoms with E-state index in [-0.39, 0.29) is 5.56 Å². The molecule has 0 amide bonds. The molecule has 0 spiro atoms. The number of nitrogens with zero attached hydrogens (tertiary/aromatic N) is 2. The molecule has 0 saturated heterocycles. The molecule has 120 valence electrons. The van der Waals surface area contributed by atoms with Gasteiger partial charge in [0.1, 0.15) is 17.3 Å². The van der Waals surface area contributed by atoms with Gasteiger partial charge in [-0.2, -0.15) is 5.26 Å². The summed E-state index contributed by atoms with van der Waals surface area (Å²) in [5, 5.41) is 9.33. The van der Waals surface area contributed by atoms with Crippen molar-refractivity contribution < 1.29 is 9.47 Å². The molecule has 0 bridgehead atoms. The number of benzene rings is 2. The number of H-pyrrole nitrogens is 1. The minimum atomic E-state index is -0.308. The van der Waals surface area contributed by atoms with Gasteiger partial charge < -0.3 is 14.5 Å². The summed E-state index contributed by atoms with van der Waals surface area (Å²) in [5.41, 5.74) is 1.26. The van der Waals surface area contributed by atoms with Crippen LogP contribution in [-0.4, -0.2) is 23.7 Å². The van der Waals surface area contributed by atoms with Crippen molar-refractivity contribution in [2.75, 3.05) is 13.7 Å². The molecule has 24 heavy (non-hydrogen) atoms. The topological polar surface area (TPSA) is 88.0 Å². The number of hydrogen-bond acceptors (Lipinski definition) is 5. The van der Waals surface area contributed by atoms with Gasteiger partial charge in [-0.25, -0.2) is 4.98 Å². The van der Waals surface area contributed by atoms with Gasteiger partial charge in [0, 0.05) is 0 Å². The summed E-state index contributed by atoms with van der Waals surface area (Å²) in [6, 6.07) is 12.2. The van der Waals surface area contributed by atoms with E-state index in [1.165, 1.54) is 6.07 Å². The van der Waals surface area contributed by atoms with Crippen LogP contribution in [0.15, 0.2) is 41.2 Å². The lowest BCUT2D eigenvalue weighted by Crippen LogP contribution is -2.10. The fourth-order valence-electron chi connectivity index (χ4n) is 2.44. The normalized spacial score (nSPS) is 10.4. The van der Waals surface area contributed by atoms with E-state index in [9.17, 15) is 4.79 Å². The van der Waals surface area contributed by atoms with Crippen molar-refractivity contribution in [3.8, 4) is 29.0 Å². The molecule has 0 aliphatic rings. The first kappa shape index (κ1) is 15.6. The summed E-state index contributed by atoms with van der Waals surface area (Å²) in [4.78, 5) is 19.6. The Balaban J connectivity index is 2.23. The minimum Gasteiger partial charge on any atom is -0.497 e. The number of fused-ring (bicyclic) bond motifs is 1. The maximum atomic E-state index is 12.4. The van der Waals surface area contributed by atoms with Crippen LogP contribution in [0.25, 0.3) is 22.3 Å². The van der Waals surface area contributed by atoms with Crippen molar-refractivity contribution in [1.82, 2.24) is 9.97 Å². The highest BCUT2D eigenvalue weighted by Crippen LogP contribution is 2.31. The highest BCUT2D eigenvalue weighted by atomic mass is 16.5. The fraction of sp³-hybridized carbons (Fsp3) is 0.167. The molecule has 3 aromatic rings. The van der Waals surface area contributed by atoms with Gasteiger partial charge in [-0.3, -0.25) is 4.79 Å². The van der Waals surface area contributed by atoms with E-state index in [0.717, 1.165) is 0 Å². The van der Waals surface area contributed by atoms with Crippen molar-refractivity contribution in [1.29, 1.82) is 5.26 Å². The van der Waals surface area contributed by atoms with Crippen LogP contribution in [0.1, 0.15) is 12.5 Å². The quantitative estimate of drug-likeness (QED) is 0.798. The second-order valence-corrected chi connectivity index (χ2v) is 5.05. The molecule has 0 aliphatic heterocycles. The Morgan fingerprint density at radius 1 is 1.25 bits per heavy atom. The zero-order valence-corrected chi connectivity index (χ0v) is 13.3. The fourth-order valence-corrected chi connectivity index (χ4v) is 2.44. The van der Waals surface area contributed by atoms with Gasteiger partial charge in [-0.1, -0.05) is 0 Å². The van der Waals surface area contributed by atoms with Crippen LogP contribution in [0.5, 0.6) is 11.5 Å². The Labute approximate surface area is 138 Å². The summed E-state index contributed by atoms with van der Waals surface area (Å²) in [6.45, 7) is 2.37. The number of rotatable bonds is 4. The molecular formula is C18H15N3O3. The Morgan fingerprint density at radius 3 is 2.79 bits per heavy atom. The molecule has 1 heterocycles. The summed E-state index contributed by atoms with van der Waals surface area (Å²) in [7, 11) is 1.57. The van der Waals surface area contributed by atoms with Crippen molar-refractivity contribution in [2.45, 2.75) is 6.92 Å². The molecule has 1 N–H and O–H groups in total. The van der Waals surface area contributed by atoms with Crippen LogP contribution >= 0.6 is 0 Å². The SMILES string of the molecule is CCOc1ccc(OC)cc1-c1nc2ccc(C#N)cc2c(=O)[nH]1. The molecule has 6 nitrogen and oxygen atoms in total. The number of aromatic amines is 1. The van der Waals surface area contributed by atoms with Crippen molar-refractivity contribution in [3.05, 3.63) is 52.3 Å². The summed E-state index contributed by atoms with van der Waals surface area (Å²) in [5.74, 6) is 1.63. The largest absolute Gasteiger partial charge is 0.497 e. The Bertz CT molecular complexity index is 1000. The van der Waals surface area contributed by atoms with E-state index in [0.29, 0.717) is 46.0 Å². The van der Waals surface area contributed by atoms with E-state index in [1.54, 1.807) is 37.4 Å². The monoisotopic (exact) mass is 321 g/mol. The molecule has 3 rings (SSSR count). The van der Waals surface area contributed by atoms with Crippen LogP contribution in [0.3, 0.4) is 0 Å². The third-order valence-corrected chi connectivity index (χ3v) is 3.58. The summed E-state index contributed by atoms with van der Waals surface area (Å²) in [6.07, 6.45) is 0. The highest BCUT2D eigenvalue weighted by molar-refractivity contribution is 5.81. The van der Waals surface area contributed by atoms with E-state index in [2.05, 4.69) is 9.97 Å². The molecule has 0 radical (unpaired) electrons. The van der Waals surface area contributed by atoms with Gasteiger partial charge in [-0.05, 0) is 43.3 Å². The van der Waals surface area contributed by atoms with Gasteiger partial charge in [0.25, 0.3) is 5.56 Å². The minimum absolute atomic E-state index is 0.308. The lowest BCUT2D eigenvalue weighted by Gasteiger charge is -2.11. The number of nitrogens with one attached hydrogen (secondary N) is 1. The zero-order valence-electron chi connectivity index (χ0n) is 13.3. The lowest BCUT2D eigenvalue weighted by molar-refractivity contribution is 0.340. The second kappa shape index (κ2) is 6.42. The average Bonchev–Trinajstić information content (AvgIpc) is 2.62. The number of hydrogen-bond donors (Lipinski definition) is 1. The van der Waals surface area contributed by atoms with Gasteiger partial charge >= 0.3 is 0 Å². The summed E-state index contributed by atoms with van der Waals surface area (Å²) < 4.78 is 10.9. The molecule has 0 unspecified atom stereocenters. The van der Waals surface area contributed by atoms with Crippen LogP contribution in [-0.2, 0) is 0 Å². The Kier molecular flexibility index (Phi) is 4.17. The molecule has 2 aromatic carbocycles. The molecule has 0 fully saturated rings. The molecular weight excluding hydrogens is 306 g/mol. The number of nitriles is 1. The Hall–Kier alpha value is -3.33. The van der Waals surface area contributed by atoms with Gasteiger partial charge in [0.2, 0.25) is 0 Å². The zero-order chi connectivity index (χ0) is 17.1. The smallest absolute Gasteiger partial charge is 0.259 e. The first-order valence-electron chi connectivity index (χ1n) is 7.41. The predicted octanol–water partition coefficient (Wildman–Crippen LogP) is 2.87. The van der Waals surface area contributed by atoms with Crippen molar-refractivity contribution in [2.24, 2.45) is 0 Å². The van der Waals surface area contributed by atoms with Gasteiger partial charge in [0.05, 0.1) is 41.8 Å². The third-order valence-electron chi connectivity index (χ3n) is 3.58. The van der Waals surface area contributed by atoms with E-state index in [4.69, 9.17) is 14.7 Å². The standard InChI is InChI=1S/C18H15N3O3/c1-3-24-16-7-5-12(23-2)9-14(16)17-20-15-6-4-11(10-19)8-13(15)18(22)21-17/h4-9H,3H2,1-2H3,(H,20,21,22). The lowest BCUT2D eigenvalue weighted by atomic mass is 10.1. The van der Waals surface area contributed by atoms with Crippen molar-refractivity contribution >= 4 is 10.9 Å². The maximum absolute atomic E-state index is 12.4. The van der Waals surface area contributed by atoms with Crippen LogP contribution in [0, 0.1) is 11.3 Å². The van der Waals surface area contributed by atoms with E-state index >= 15 is 0 Å². The highest BCUT2D eigenvalue weighted by Gasteiger charge is 2.13. The van der Waals surface area contributed by atoms with E-state index < -0.39 is 0 Å². The second-order valence-electron chi connectivity index (χ2n) is 5.05. The van der Waals surface area contributed by atoms with Gasteiger partial charge in [0.15, 0.2) is 0 Å².